The first kappa shape index (κ1) is 13.8. The van der Waals surface area contributed by atoms with Crippen molar-refractivity contribution in [2.45, 2.75) is 69.2 Å². The fourth-order valence-corrected chi connectivity index (χ4v) is 5.87. The molecule has 0 aliphatic heterocycles. The second kappa shape index (κ2) is 5.43. The van der Waals surface area contributed by atoms with Crippen molar-refractivity contribution < 1.29 is 0 Å². The summed E-state index contributed by atoms with van der Waals surface area (Å²) in [7, 11) is 0. The molecule has 0 heterocycles. The van der Waals surface area contributed by atoms with Gasteiger partial charge in [0.1, 0.15) is 0 Å². The van der Waals surface area contributed by atoms with Crippen LogP contribution >= 0.6 is 0 Å². The van der Waals surface area contributed by atoms with E-state index in [0.717, 1.165) is 17.8 Å². The summed E-state index contributed by atoms with van der Waals surface area (Å²) in [6, 6.07) is 11.5. The Balaban J connectivity index is 1.54. The van der Waals surface area contributed by atoms with E-state index in [4.69, 9.17) is 5.73 Å². The monoisotopic (exact) mass is 283 g/mol. The number of hydrogen-bond acceptors (Lipinski definition) is 1. The zero-order valence-corrected chi connectivity index (χ0v) is 13.1. The molecule has 3 fully saturated rings. The maximum absolute atomic E-state index is 6.86. The second-order valence-corrected chi connectivity index (χ2v) is 8.01. The molecule has 1 aromatic carbocycles. The van der Waals surface area contributed by atoms with Crippen LogP contribution in [0.25, 0.3) is 0 Å². The van der Waals surface area contributed by atoms with E-state index in [1.807, 2.05) is 0 Å². The van der Waals surface area contributed by atoms with Crippen molar-refractivity contribution >= 4 is 0 Å². The number of benzene rings is 1. The van der Waals surface area contributed by atoms with Crippen LogP contribution in [0.15, 0.2) is 30.3 Å². The van der Waals surface area contributed by atoms with Crippen molar-refractivity contribution in [3.8, 4) is 0 Å². The van der Waals surface area contributed by atoms with Gasteiger partial charge in [0.2, 0.25) is 0 Å². The summed E-state index contributed by atoms with van der Waals surface area (Å²) in [4.78, 5) is 0. The van der Waals surface area contributed by atoms with Crippen LogP contribution in [0.2, 0.25) is 0 Å². The Morgan fingerprint density at radius 3 is 2.43 bits per heavy atom. The Labute approximate surface area is 129 Å². The van der Waals surface area contributed by atoms with E-state index in [9.17, 15) is 0 Å². The zero-order chi connectivity index (χ0) is 14.3. The molecule has 3 saturated carbocycles. The first-order valence-electron chi connectivity index (χ1n) is 9.09. The lowest BCUT2D eigenvalue weighted by atomic mass is 9.69. The summed E-state index contributed by atoms with van der Waals surface area (Å²) in [5.41, 5.74) is 8.65. The minimum Gasteiger partial charge on any atom is -0.327 e. The second-order valence-electron chi connectivity index (χ2n) is 8.01. The van der Waals surface area contributed by atoms with Crippen molar-refractivity contribution in [3.05, 3.63) is 35.9 Å². The fraction of sp³-hybridized carbons (Fsp3) is 0.700. The average molecular weight is 283 g/mol. The summed E-state index contributed by atoms with van der Waals surface area (Å²) in [5.74, 6) is 2.98. The normalized spacial score (nSPS) is 35.2. The highest BCUT2D eigenvalue weighted by Crippen LogP contribution is 2.52. The van der Waals surface area contributed by atoms with Crippen LogP contribution in [0, 0.1) is 17.8 Å². The summed E-state index contributed by atoms with van der Waals surface area (Å²) in [5, 5.41) is 0. The summed E-state index contributed by atoms with van der Waals surface area (Å²) in [6.07, 6.45) is 12.6. The lowest BCUT2D eigenvalue weighted by Crippen LogP contribution is -2.45. The Hall–Kier alpha value is -0.820. The van der Waals surface area contributed by atoms with Gasteiger partial charge in [-0.05, 0) is 61.8 Å². The minimum absolute atomic E-state index is 0.281. The Morgan fingerprint density at radius 2 is 1.81 bits per heavy atom. The van der Waals surface area contributed by atoms with Crippen molar-refractivity contribution in [3.63, 3.8) is 0 Å². The van der Waals surface area contributed by atoms with E-state index in [1.54, 1.807) is 0 Å². The van der Waals surface area contributed by atoms with Crippen molar-refractivity contribution in [2.75, 3.05) is 0 Å². The zero-order valence-electron chi connectivity index (χ0n) is 13.1. The molecule has 0 aromatic heterocycles. The number of fused-ring (bicyclic) bond motifs is 2. The first-order valence-corrected chi connectivity index (χ1v) is 9.09. The van der Waals surface area contributed by atoms with Gasteiger partial charge in [-0.15, -0.1) is 0 Å². The van der Waals surface area contributed by atoms with E-state index in [0.29, 0.717) is 6.04 Å². The predicted octanol–water partition coefficient (Wildman–Crippen LogP) is 4.65. The van der Waals surface area contributed by atoms with Crippen LogP contribution < -0.4 is 5.73 Å². The Bertz CT molecular complexity index is 474. The third kappa shape index (κ3) is 2.34. The van der Waals surface area contributed by atoms with Gasteiger partial charge in [-0.2, -0.15) is 0 Å². The molecule has 1 nitrogen and oxygen atoms in total. The highest BCUT2D eigenvalue weighted by molar-refractivity contribution is 5.29. The molecule has 3 aliphatic carbocycles. The van der Waals surface area contributed by atoms with Crippen LogP contribution in [-0.4, -0.2) is 6.04 Å². The average Bonchev–Trinajstić information content (AvgIpc) is 3.25. The third-order valence-corrected chi connectivity index (χ3v) is 7.00. The highest BCUT2D eigenvalue weighted by Gasteiger charge is 2.45. The topological polar surface area (TPSA) is 26.0 Å². The van der Waals surface area contributed by atoms with Gasteiger partial charge in [0, 0.05) is 11.5 Å². The van der Waals surface area contributed by atoms with E-state index >= 15 is 0 Å². The molecule has 4 atom stereocenters. The SMILES string of the molecule is NC(CC1CC2CCC1C2)C1(c2ccccc2)CCCC1. The molecule has 4 rings (SSSR count). The molecule has 0 radical (unpaired) electrons. The molecule has 0 saturated heterocycles. The van der Waals surface area contributed by atoms with Gasteiger partial charge in [-0.3, -0.25) is 0 Å². The fourth-order valence-electron chi connectivity index (χ4n) is 5.87. The van der Waals surface area contributed by atoms with Gasteiger partial charge in [0.25, 0.3) is 0 Å². The summed E-state index contributed by atoms with van der Waals surface area (Å²) < 4.78 is 0. The molecular weight excluding hydrogens is 254 g/mol. The van der Waals surface area contributed by atoms with E-state index in [1.165, 1.54) is 63.4 Å². The molecule has 1 aromatic rings. The van der Waals surface area contributed by atoms with Gasteiger partial charge < -0.3 is 5.73 Å². The molecule has 21 heavy (non-hydrogen) atoms. The van der Waals surface area contributed by atoms with Crippen molar-refractivity contribution in [2.24, 2.45) is 23.5 Å². The molecule has 0 amide bonds. The molecule has 3 aliphatic rings. The molecular formula is C20H29N. The molecule has 2 N–H and O–H groups in total. The van der Waals surface area contributed by atoms with Gasteiger partial charge in [-0.25, -0.2) is 0 Å². The largest absolute Gasteiger partial charge is 0.327 e. The van der Waals surface area contributed by atoms with Crippen molar-refractivity contribution in [1.82, 2.24) is 0 Å². The molecule has 2 bridgehead atoms. The van der Waals surface area contributed by atoms with Crippen LogP contribution in [0.1, 0.15) is 63.4 Å². The number of hydrogen-bond donors (Lipinski definition) is 1. The lowest BCUT2D eigenvalue weighted by Gasteiger charge is -2.38. The van der Waals surface area contributed by atoms with Gasteiger partial charge in [0.05, 0.1) is 0 Å². The van der Waals surface area contributed by atoms with Gasteiger partial charge in [-0.1, -0.05) is 49.6 Å². The molecule has 4 unspecified atom stereocenters. The van der Waals surface area contributed by atoms with Crippen LogP contribution in [0.5, 0.6) is 0 Å². The molecule has 0 spiro atoms. The predicted molar refractivity (Wildman–Crippen MR) is 88.1 cm³/mol. The molecule has 114 valence electrons. The maximum Gasteiger partial charge on any atom is 0.0139 e. The van der Waals surface area contributed by atoms with E-state index < -0.39 is 0 Å². The lowest BCUT2D eigenvalue weighted by molar-refractivity contribution is 0.239. The number of nitrogens with two attached hydrogens (primary N) is 1. The Kier molecular flexibility index (Phi) is 3.57. The smallest absolute Gasteiger partial charge is 0.0139 e. The molecule has 1 heteroatoms. The van der Waals surface area contributed by atoms with Gasteiger partial charge in [0.15, 0.2) is 0 Å². The third-order valence-electron chi connectivity index (χ3n) is 7.00. The van der Waals surface area contributed by atoms with Crippen molar-refractivity contribution in [1.29, 1.82) is 0 Å². The van der Waals surface area contributed by atoms with E-state index in [2.05, 4.69) is 30.3 Å². The van der Waals surface area contributed by atoms with Gasteiger partial charge >= 0.3 is 0 Å². The van der Waals surface area contributed by atoms with Crippen LogP contribution in [0.4, 0.5) is 0 Å². The van der Waals surface area contributed by atoms with Crippen LogP contribution in [0.3, 0.4) is 0 Å². The maximum atomic E-state index is 6.86. The summed E-state index contributed by atoms with van der Waals surface area (Å²) >= 11 is 0. The quantitative estimate of drug-likeness (QED) is 0.855. The summed E-state index contributed by atoms with van der Waals surface area (Å²) in [6.45, 7) is 0. The van der Waals surface area contributed by atoms with Crippen LogP contribution in [-0.2, 0) is 5.41 Å². The number of rotatable bonds is 4. The minimum atomic E-state index is 0.281. The Morgan fingerprint density at radius 1 is 1.05 bits per heavy atom. The highest BCUT2D eigenvalue weighted by atomic mass is 14.7. The van der Waals surface area contributed by atoms with E-state index in [-0.39, 0.29) is 5.41 Å². The standard InChI is InChI=1S/C20H29N/c21-19(14-17-13-15-8-9-16(17)12-15)20(10-4-5-11-20)18-6-2-1-3-7-18/h1-3,6-7,15-17,19H,4-5,8-14,21H2. The first-order chi connectivity index (χ1) is 10.3.